The molecule has 0 spiro atoms. The minimum absolute atomic E-state index is 0.123. The molecule has 2 aromatic rings. The summed E-state index contributed by atoms with van der Waals surface area (Å²) in [4.78, 5) is 15.0. The minimum Gasteiger partial charge on any atom is -0.331 e. The lowest BCUT2D eigenvalue weighted by Gasteiger charge is -2.05. The first-order valence-electron chi connectivity index (χ1n) is 5.31. The maximum Gasteiger partial charge on any atom is 0.450 e. The minimum atomic E-state index is -4.81. The first kappa shape index (κ1) is 12.6. The van der Waals surface area contributed by atoms with E-state index >= 15 is 0 Å². The van der Waals surface area contributed by atoms with Crippen molar-refractivity contribution in [3.8, 4) is 0 Å². The summed E-state index contributed by atoms with van der Waals surface area (Å²) >= 11 is 0. The average Bonchev–Trinajstić information content (AvgIpc) is 2.54. The van der Waals surface area contributed by atoms with Crippen LogP contribution < -0.4 is 0 Å². The Morgan fingerprint density at radius 3 is 2.67 bits per heavy atom. The van der Waals surface area contributed by atoms with E-state index in [2.05, 4.69) is 4.98 Å². The lowest BCUT2D eigenvalue weighted by molar-refractivity contribution is -0.170. The number of nitrogens with zero attached hydrogens (tertiary/aromatic N) is 2. The van der Waals surface area contributed by atoms with Crippen molar-refractivity contribution in [2.75, 3.05) is 0 Å². The fraction of sp³-hybridized carbons (Fsp3) is 0.333. The number of hydrogen-bond donors (Lipinski definition) is 0. The van der Waals surface area contributed by atoms with Crippen LogP contribution in [0.5, 0.6) is 0 Å². The molecule has 0 atom stereocenters. The van der Waals surface area contributed by atoms with Gasteiger partial charge in [0.25, 0.3) is 0 Å². The standard InChI is InChI=1S/C12H11F3N2O/c1-7-3-4-9-8(5-7)16-11(17(9)2)6-10(18)12(13,14)15/h3-5H,6H2,1-2H3. The maximum atomic E-state index is 12.2. The molecular weight excluding hydrogens is 245 g/mol. The van der Waals surface area contributed by atoms with Gasteiger partial charge in [0.1, 0.15) is 5.82 Å². The Hall–Kier alpha value is -1.85. The fourth-order valence-corrected chi connectivity index (χ4v) is 1.76. The second-order valence-electron chi connectivity index (χ2n) is 4.18. The molecular formula is C12H11F3N2O. The van der Waals surface area contributed by atoms with E-state index < -0.39 is 18.4 Å². The Morgan fingerprint density at radius 1 is 1.39 bits per heavy atom. The van der Waals surface area contributed by atoms with Gasteiger partial charge in [-0.05, 0) is 24.6 Å². The van der Waals surface area contributed by atoms with Gasteiger partial charge >= 0.3 is 6.18 Å². The third kappa shape index (κ3) is 2.23. The van der Waals surface area contributed by atoms with Crippen LogP contribution in [-0.2, 0) is 18.3 Å². The van der Waals surface area contributed by atoms with Gasteiger partial charge in [-0.2, -0.15) is 13.2 Å². The number of carbonyl (C=O) groups excluding carboxylic acids is 1. The van der Waals surface area contributed by atoms with E-state index in [1.54, 1.807) is 19.2 Å². The first-order chi connectivity index (χ1) is 8.29. The first-order valence-corrected chi connectivity index (χ1v) is 5.31. The average molecular weight is 256 g/mol. The molecule has 3 nitrogen and oxygen atoms in total. The van der Waals surface area contributed by atoms with E-state index in [0.717, 1.165) is 5.56 Å². The number of benzene rings is 1. The molecule has 0 fully saturated rings. The monoisotopic (exact) mass is 256 g/mol. The smallest absolute Gasteiger partial charge is 0.331 e. The van der Waals surface area contributed by atoms with Crippen LogP contribution >= 0.6 is 0 Å². The molecule has 1 aromatic carbocycles. The normalized spacial score (nSPS) is 12.1. The van der Waals surface area contributed by atoms with Crippen molar-refractivity contribution in [2.24, 2.45) is 7.05 Å². The van der Waals surface area contributed by atoms with E-state index in [9.17, 15) is 18.0 Å². The van der Waals surface area contributed by atoms with Crippen molar-refractivity contribution in [1.82, 2.24) is 9.55 Å². The summed E-state index contributed by atoms with van der Waals surface area (Å²) in [6.07, 6.45) is -5.54. The van der Waals surface area contributed by atoms with Crippen LogP contribution in [0.25, 0.3) is 11.0 Å². The Balaban J connectivity index is 2.41. The number of aromatic nitrogens is 2. The van der Waals surface area contributed by atoms with Gasteiger partial charge in [-0.1, -0.05) is 6.07 Å². The molecule has 1 aromatic heterocycles. The van der Waals surface area contributed by atoms with Gasteiger partial charge in [0.05, 0.1) is 17.5 Å². The molecule has 0 N–H and O–H groups in total. The Morgan fingerprint density at radius 2 is 2.06 bits per heavy atom. The van der Waals surface area contributed by atoms with Crippen molar-refractivity contribution >= 4 is 16.8 Å². The summed E-state index contributed by atoms with van der Waals surface area (Å²) in [5.41, 5.74) is 2.28. The molecule has 18 heavy (non-hydrogen) atoms. The van der Waals surface area contributed by atoms with Crippen molar-refractivity contribution in [2.45, 2.75) is 19.5 Å². The molecule has 0 aliphatic rings. The summed E-state index contributed by atoms with van der Waals surface area (Å²) in [5, 5.41) is 0. The number of rotatable bonds is 2. The number of fused-ring (bicyclic) bond motifs is 1. The van der Waals surface area contributed by atoms with Gasteiger partial charge in [0.2, 0.25) is 5.78 Å². The van der Waals surface area contributed by atoms with Crippen LogP contribution in [0.4, 0.5) is 13.2 Å². The molecule has 0 saturated heterocycles. The SMILES string of the molecule is Cc1ccc2c(c1)nc(CC(=O)C(F)(F)F)n2C. The number of Topliss-reactive ketones (excluding diaryl/α,β-unsaturated/α-hetero) is 1. The van der Waals surface area contributed by atoms with Crippen LogP contribution in [0.3, 0.4) is 0 Å². The molecule has 0 aliphatic carbocycles. The predicted octanol–water partition coefficient (Wildman–Crippen LogP) is 2.56. The topological polar surface area (TPSA) is 34.9 Å². The predicted molar refractivity (Wildman–Crippen MR) is 60.2 cm³/mol. The zero-order valence-electron chi connectivity index (χ0n) is 9.88. The second kappa shape index (κ2) is 4.12. The fourth-order valence-electron chi connectivity index (χ4n) is 1.76. The number of hydrogen-bond acceptors (Lipinski definition) is 2. The highest BCUT2D eigenvalue weighted by Gasteiger charge is 2.38. The third-order valence-corrected chi connectivity index (χ3v) is 2.76. The zero-order chi connectivity index (χ0) is 13.5. The van der Waals surface area contributed by atoms with Crippen molar-refractivity contribution < 1.29 is 18.0 Å². The van der Waals surface area contributed by atoms with Gasteiger partial charge in [-0.15, -0.1) is 0 Å². The number of imidazole rings is 1. The summed E-state index contributed by atoms with van der Waals surface area (Å²) < 4.78 is 38.1. The van der Waals surface area contributed by atoms with E-state index in [0.29, 0.717) is 11.0 Å². The van der Waals surface area contributed by atoms with Gasteiger partial charge in [-0.25, -0.2) is 4.98 Å². The van der Waals surface area contributed by atoms with Crippen LogP contribution in [-0.4, -0.2) is 21.5 Å². The highest BCUT2D eigenvalue weighted by Crippen LogP contribution is 2.21. The molecule has 96 valence electrons. The van der Waals surface area contributed by atoms with Crippen LogP contribution in [0.2, 0.25) is 0 Å². The highest BCUT2D eigenvalue weighted by atomic mass is 19.4. The molecule has 1 heterocycles. The second-order valence-corrected chi connectivity index (χ2v) is 4.18. The molecule has 0 bridgehead atoms. The van der Waals surface area contributed by atoms with Crippen molar-refractivity contribution in [1.29, 1.82) is 0 Å². The van der Waals surface area contributed by atoms with Crippen molar-refractivity contribution in [3.63, 3.8) is 0 Å². The van der Waals surface area contributed by atoms with Gasteiger partial charge in [-0.3, -0.25) is 4.79 Å². The molecule has 0 aliphatic heterocycles. The molecule has 0 unspecified atom stereocenters. The van der Waals surface area contributed by atoms with Gasteiger partial charge in [0, 0.05) is 7.05 Å². The lowest BCUT2D eigenvalue weighted by atomic mass is 10.2. The Bertz CT molecular complexity index is 614. The number of ketones is 1. The largest absolute Gasteiger partial charge is 0.450 e. The molecule has 0 saturated carbocycles. The third-order valence-electron chi connectivity index (χ3n) is 2.76. The Labute approximate surface area is 101 Å². The molecule has 2 rings (SSSR count). The van der Waals surface area contributed by atoms with Gasteiger partial charge < -0.3 is 4.57 Å². The van der Waals surface area contributed by atoms with E-state index in [1.165, 1.54) is 4.57 Å². The van der Waals surface area contributed by atoms with Crippen LogP contribution in [0.15, 0.2) is 18.2 Å². The number of alkyl halides is 3. The van der Waals surface area contributed by atoms with Crippen LogP contribution in [0.1, 0.15) is 11.4 Å². The lowest BCUT2D eigenvalue weighted by Crippen LogP contribution is -2.25. The summed E-state index contributed by atoms with van der Waals surface area (Å²) in [6, 6.07) is 5.40. The van der Waals surface area contributed by atoms with Gasteiger partial charge in [0.15, 0.2) is 0 Å². The summed E-state index contributed by atoms with van der Waals surface area (Å²) in [5.74, 6) is -1.66. The zero-order valence-corrected chi connectivity index (χ0v) is 9.88. The molecule has 0 amide bonds. The van der Waals surface area contributed by atoms with Crippen LogP contribution in [0, 0.1) is 6.92 Å². The maximum absolute atomic E-state index is 12.2. The van der Waals surface area contributed by atoms with E-state index in [-0.39, 0.29) is 5.82 Å². The summed E-state index contributed by atoms with van der Waals surface area (Å²) in [7, 11) is 1.60. The summed E-state index contributed by atoms with van der Waals surface area (Å²) in [6.45, 7) is 1.87. The van der Waals surface area contributed by atoms with E-state index in [4.69, 9.17) is 0 Å². The quantitative estimate of drug-likeness (QED) is 0.827. The number of aryl methyl sites for hydroxylation is 2. The number of halogens is 3. The van der Waals surface area contributed by atoms with Crippen molar-refractivity contribution in [3.05, 3.63) is 29.6 Å². The number of carbonyl (C=O) groups is 1. The highest BCUT2D eigenvalue weighted by molar-refractivity contribution is 5.86. The van der Waals surface area contributed by atoms with E-state index in [1.807, 2.05) is 13.0 Å². The Kier molecular flexibility index (Phi) is 2.88. The molecule has 6 heteroatoms. The molecule has 0 radical (unpaired) electrons.